The Morgan fingerprint density at radius 3 is 2.41 bits per heavy atom. The summed E-state index contributed by atoms with van der Waals surface area (Å²) in [6.45, 7) is 2.35. The van der Waals surface area contributed by atoms with E-state index < -0.39 is 9.84 Å². The fraction of sp³-hybridized carbons (Fsp3) is 0.938. The van der Waals surface area contributed by atoms with Gasteiger partial charge >= 0.3 is 0 Å². The summed E-state index contributed by atoms with van der Waals surface area (Å²) >= 11 is 0. The maximum absolute atomic E-state index is 12.4. The predicted octanol–water partition coefficient (Wildman–Crippen LogP) is 1.05. The Kier molecular flexibility index (Phi) is 4.78. The summed E-state index contributed by atoms with van der Waals surface area (Å²) in [5, 5.41) is 3.29. The monoisotopic (exact) mass is 328 g/mol. The number of nitrogens with zero attached hydrogens (tertiary/aromatic N) is 1. The van der Waals surface area contributed by atoms with E-state index in [1.165, 1.54) is 31.9 Å². The first-order valence-corrected chi connectivity index (χ1v) is 10.7. The van der Waals surface area contributed by atoms with Crippen LogP contribution in [0.3, 0.4) is 0 Å². The Morgan fingerprint density at radius 1 is 1.14 bits per heavy atom. The highest BCUT2D eigenvalue weighted by atomic mass is 32.2. The Bertz CT molecular complexity index is 509. The van der Waals surface area contributed by atoms with Crippen molar-refractivity contribution in [1.29, 1.82) is 0 Å². The number of sulfone groups is 1. The van der Waals surface area contributed by atoms with Crippen LogP contribution in [0.4, 0.5) is 0 Å². The molecular weight excluding hydrogens is 300 g/mol. The van der Waals surface area contributed by atoms with E-state index >= 15 is 0 Å². The summed E-state index contributed by atoms with van der Waals surface area (Å²) in [6.07, 6.45) is 8.24. The molecule has 0 bridgehead atoms. The van der Waals surface area contributed by atoms with Crippen molar-refractivity contribution in [3.05, 3.63) is 0 Å². The van der Waals surface area contributed by atoms with Crippen LogP contribution in [-0.2, 0) is 14.6 Å². The van der Waals surface area contributed by atoms with Gasteiger partial charge in [0.1, 0.15) is 9.84 Å². The van der Waals surface area contributed by atoms with Crippen molar-refractivity contribution in [1.82, 2.24) is 10.2 Å². The minimum absolute atomic E-state index is 0.213. The average Bonchev–Trinajstić information content (AvgIpc) is 2.99. The largest absolute Gasteiger partial charge is 0.352 e. The van der Waals surface area contributed by atoms with Gasteiger partial charge in [-0.25, -0.2) is 8.42 Å². The lowest BCUT2D eigenvalue weighted by Gasteiger charge is -2.21. The van der Waals surface area contributed by atoms with Crippen LogP contribution < -0.4 is 5.32 Å². The van der Waals surface area contributed by atoms with Gasteiger partial charge in [0, 0.05) is 37.8 Å². The molecule has 3 aliphatic rings. The first kappa shape index (κ1) is 16.2. The van der Waals surface area contributed by atoms with E-state index in [-0.39, 0.29) is 23.6 Å². The van der Waals surface area contributed by atoms with Crippen LogP contribution in [0.1, 0.15) is 38.5 Å². The number of rotatable bonds is 6. The number of hydrogen-bond acceptors (Lipinski definition) is 4. The number of hydrogen-bond donors (Lipinski definition) is 1. The fourth-order valence-corrected chi connectivity index (χ4v) is 4.62. The first-order valence-electron chi connectivity index (χ1n) is 8.63. The molecule has 0 unspecified atom stereocenters. The third kappa shape index (κ3) is 4.22. The van der Waals surface area contributed by atoms with E-state index in [1.54, 1.807) is 0 Å². The SMILES string of the molecule is CS(=O)(=O)CCN1C[C@H](NC(=O)C2CCCC2)[C@@H](C2CC2)C1. The molecule has 0 aromatic heterocycles. The maximum Gasteiger partial charge on any atom is 0.223 e. The summed E-state index contributed by atoms with van der Waals surface area (Å²) in [5.74, 6) is 1.92. The molecule has 0 radical (unpaired) electrons. The van der Waals surface area contributed by atoms with E-state index in [0.717, 1.165) is 31.8 Å². The van der Waals surface area contributed by atoms with Crippen LogP contribution in [0, 0.1) is 17.8 Å². The Labute approximate surface area is 133 Å². The first-order chi connectivity index (χ1) is 10.4. The van der Waals surface area contributed by atoms with Gasteiger partial charge in [0.15, 0.2) is 0 Å². The van der Waals surface area contributed by atoms with Gasteiger partial charge in [-0.15, -0.1) is 0 Å². The van der Waals surface area contributed by atoms with Crippen LogP contribution in [-0.4, -0.2) is 56.9 Å². The molecule has 0 aromatic rings. The van der Waals surface area contributed by atoms with E-state index in [1.807, 2.05) is 0 Å². The summed E-state index contributed by atoms with van der Waals surface area (Å²) in [6, 6.07) is 0.222. The molecule has 5 nitrogen and oxygen atoms in total. The topological polar surface area (TPSA) is 66.5 Å². The van der Waals surface area contributed by atoms with Crippen LogP contribution in [0.2, 0.25) is 0 Å². The second kappa shape index (κ2) is 6.48. The minimum atomic E-state index is -2.92. The highest BCUT2D eigenvalue weighted by Crippen LogP contribution is 2.41. The second-order valence-corrected chi connectivity index (χ2v) is 9.75. The highest BCUT2D eigenvalue weighted by Gasteiger charge is 2.43. The smallest absolute Gasteiger partial charge is 0.223 e. The molecule has 0 aromatic carbocycles. The third-order valence-corrected chi connectivity index (χ3v) is 6.42. The number of amides is 1. The zero-order chi connectivity index (χ0) is 15.7. The fourth-order valence-electron chi connectivity index (χ4n) is 4.03. The van der Waals surface area contributed by atoms with Crippen LogP contribution in [0.15, 0.2) is 0 Å². The maximum atomic E-state index is 12.4. The van der Waals surface area contributed by atoms with E-state index in [2.05, 4.69) is 10.2 Å². The van der Waals surface area contributed by atoms with Crippen molar-refractivity contribution in [3.8, 4) is 0 Å². The molecule has 1 heterocycles. The predicted molar refractivity (Wildman–Crippen MR) is 86.3 cm³/mol. The quantitative estimate of drug-likeness (QED) is 0.791. The standard InChI is InChI=1S/C16H28N2O3S/c1-22(20,21)9-8-18-10-14(12-6-7-12)15(11-18)17-16(19)13-4-2-3-5-13/h12-15H,2-11H2,1H3,(H,17,19)/t14-,15+/m1/s1. The number of carbonyl (C=O) groups excluding carboxylic acids is 1. The Balaban J connectivity index is 1.55. The normalized spacial score (nSPS) is 30.8. The van der Waals surface area contributed by atoms with E-state index in [4.69, 9.17) is 0 Å². The second-order valence-electron chi connectivity index (χ2n) is 7.49. The number of nitrogens with one attached hydrogen (secondary N) is 1. The molecule has 0 spiro atoms. The molecule has 2 saturated carbocycles. The van der Waals surface area contributed by atoms with Gasteiger partial charge in [0.25, 0.3) is 0 Å². The van der Waals surface area contributed by atoms with Crippen molar-refractivity contribution in [2.75, 3.05) is 31.6 Å². The summed E-state index contributed by atoms with van der Waals surface area (Å²) < 4.78 is 22.7. The van der Waals surface area contributed by atoms with Crippen molar-refractivity contribution in [3.63, 3.8) is 0 Å². The van der Waals surface area contributed by atoms with Gasteiger partial charge in [-0.2, -0.15) is 0 Å². The van der Waals surface area contributed by atoms with Crippen LogP contribution in [0.25, 0.3) is 0 Å². The van der Waals surface area contributed by atoms with Crippen molar-refractivity contribution >= 4 is 15.7 Å². The van der Waals surface area contributed by atoms with Gasteiger partial charge in [-0.1, -0.05) is 12.8 Å². The van der Waals surface area contributed by atoms with Crippen molar-refractivity contribution < 1.29 is 13.2 Å². The minimum Gasteiger partial charge on any atom is -0.352 e. The molecule has 1 N–H and O–H groups in total. The molecule has 3 fully saturated rings. The molecule has 1 saturated heterocycles. The third-order valence-electron chi connectivity index (χ3n) is 5.50. The summed E-state index contributed by atoms with van der Waals surface area (Å²) in [7, 11) is -2.92. The highest BCUT2D eigenvalue weighted by molar-refractivity contribution is 7.90. The molecule has 3 rings (SSSR count). The van der Waals surface area contributed by atoms with Gasteiger partial charge in [0.05, 0.1) is 5.75 Å². The molecule has 1 amide bonds. The molecule has 22 heavy (non-hydrogen) atoms. The van der Waals surface area contributed by atoms with Crippen LogP contribution in [0.5, 0.6) is 0 Å². The lowest BCUT2D eigenvalue weighted by atomic mass is 9.97. The Morgan fingerprint density at radius 2 is 1.82 bits per heavy atom. The molecule has 6 heteroatoms. The molecule has 2 atom stereocenters. The number of carbonyl (C=O) groups is 1. The van der Waals surface area contributed by atoms with Gasteiger partial charge in [-0.3, -0.25) is 9.69 Å². The van der Waals surface area contributed by atoms with Crippen molar-refractivity contribution in [2.45, 2.75) is 44.6 Å². The van der Waals surface area contributed by atoms with Gasteiger partial charge in [0.2, 0.25) is 5.91 Å². The zero-order valence-corrected chi connectivity index (χ0v) is 14.3. The Hall–Kier alpha value is -0.620. The average molecular weight is 328 g/mol. The molecule has 1 aliphatic heterocycles. The van der Waals surface area contributed by atoms with Gasteiger partial charge < -0.3 is 5.32 Å². The van der Waals surface area contributed by atoms with Crippen molar-refractivity contribution in [2.24, 2.45) is 17.8 Å². The van der Waals surface area contributed by atoms with E-state index in [0.29, 0.717) is 12.5 Å². The lowest BCUT2D eigenvalue weighted by Crippen LogP contribution is -2.43. The summed E-state index contributed by atoms with van der Waals surface area (Å²) in [4.78, 5) is 14.6. The zero-order valence-electron chi connectivity index (χ0n) is 13.5. The molecular formula is C16H28N2O3S. The number of likely N-dealkylation sites (tertiary alicyclic amines) is 1. The molecule has 126 valence electrons. The summed E-state index contributed by atoms with van der Waals surface area (Å²) in [5.41, 5.74) is 0. The van der Waals surface area contributed by atoms with E-state index in [9.17, 15) is 13.2 Å². The van der Waals surface area contributed by atoms with Gasteiger partial charge in [-0.05, 0) is 37.5 Å². The van der Waals surface area contributed by atoms with Crippen LogP contribution >= 0.6 is 0 Å². The lowest BCUT2D eigenvalue weighted by molar-refractivity contribution is -0.125. The molecule has 2 aliphatic carbocycles.